The number of likely N-dealkylation sites (N-methyl/N-ethyl adjacent to an activating group) is 2. The standard InChI is InChI=1S/C26H29F3N4O2/c1-4-33(15-14-32(2)3)17-19-16-20(26(27,28)29)10-13-24(19)35-21-11-8-18(9-12-21)22-6-5-7-23(31-22)25(30)34/h5-13,16H,4,14-15,17H2,1-3H3,(H2,30,34). The van der Waals surface area contributed by atoms with Gasteiger partial charge in [0.05, 0.1) is 11.3 Å². The van der Waals surface area contributed by atoms with Crippen LogP contribution in [-0.4, -0.2) is 54.4 Å². The van der Waals surface area contributed by atoms with Crippen molar-refractivity contribution in [3.05, 3.63) is 77.5 Å². The highest BCUT2D eigenvalue weighted by Crippen LogP contribution is 2.35. The van der Waals surface area contributed by atoms with E-state index in [2.05, 4.69) is 9.88 Å². The Morgan fingerprint density at radius 3 is 2.34 bits per heavy atom. The van der Waals surface area contributed by atoms with Crippen LogP contribution < -0.4 is 10.5 Å². The van der Waals surface area contributed by atoms with Gasteiger partial charge in [0, 0.05) is 30.8 Å². The van der Waals surface area contributed by atoms with E-state index in [4.69, 9.17) is 10.5 Å². The molecular formula is C26H29F3N4O2. The van der Waals surface area contributed by atoms with E-state index in [0.717, 1.165) is 24.2 Å². The number of rotatable bonds is 10. The van der Waals surface area contributed by atoms with Crippen LogP contribution in [0, 0.1) is 0 Å². The van der Waals surface area contributed by atoms with E-state index in [-0.39, 0.29) is 5.69 Å². The van der Waals surface area contributed by atoms with Crippen molar-refractivity contribution in [2.75, 3.05) is 33.7 Å². The van der Waals surface area contributed by atoms with Crippen LogP contribution in [0.25, 0.3) is 11.3 Å². The molecule has 0 bridgehead atoms. The molecule has 0 atom stereocenters. The third-order valence-electron chi connectivity index (χ3n) is 5.47. The number of benzene rings is 2. The zero-order valence-electron chi connectivity index (χ0n) is 20.0. The molecule has 0 unspecified atom stereocenters. The molecule has 9 heteroatoms. The summed E-state index contributed by atoms with van der Waals surface area (Å²) in [6.07, 6.45) is -4.44. The van der Waals surface area contributed by atoms with Crippen molar-refractivity contribution in [1.29, 1.82) is 0 Å². The first-order valence-electron chi connectivity index (χ1n) is 11.2. The molecular weight excluding hydrogens is 457 g/mol. The van der Waals surface area contributed by atoms with Gasteiger partial charge in [0.15, 0.2) is 0 Å². The minimum absolute atomic E-state index is 0.159. The smallest absolute Gasteiger partial charge is 0.416 e. The molecule has 3 rings (SSSR count). The van der Waals surface area contributed by atoms with E-state index >= 15 is 0 Å². The van der Waals surface area contributed by atoms with E-state index in [1.165, 1.54) is 12.1 Å². The molecule has 6 nitrogen and oxygen atoms in total. The Morgan fingerprint density at radius 2 is 1.74 bits per heavy atom. The number of ether oxygens (including phenoxy) is 1. The van der Waals surface area contributed by atoms with Crippen molar-refractivity contribution in [1.82, 2.24) is 14.8 Å². The molecule has 0 aliphatic rings. The molecule has 1 amide bonds. The van der Waals surface area contributed by atoms with Crippen LogP contribution in [0.3, 0.4) is 0 Å². The van der Waals surface area contributed by atoms with Crippen LogP contribution in [0.1, 0.15) is 28.5 Å². The van der Waals surface area contributed by atoms with Gasteiger partial charge in [-0.05, 0) is 75.2 Å². The minimum atomic E-state index is -4.44. The van der Waals surface area contributed by atoms with Gasteiger partial charge in [-0.2, -0.15) is 13.2 Å². The first kappa shape index (κ1) is 26.2. The van der Waals surface area contributed by atoms with Crippen molar-refractivity contribution in [3.8, 4) is 22.8 Å². The van der Waals surface area contributed by atoms with Gasteiger partial charge >= 0.3 is 6.18 Å². The highest BCUT2D eigenvalue weighted by atomic mass is 19.4. The van der Waals surface area contributed by atoms with Crippen LogP contribution in [-0.2, 0) is 12.7 Å². The van der Waals surface area contributed by atoms with E-state index in [1.807, 2.05) is 25.9 Å². The first-order chi connectivity index (χ1) is 16.6. The fourth-order valence-electron chi connectivity index (χ4n) is 3.46. The molecule has 1 aromatic heterocycles. The quantitative estimate of drug-likeness (QED) is 0.435. The molecule has 0 saturated heterocycles. The number of nitrogens with two attached hydrogens (primary N) is 1. The zero-order valence-corrected chi connectivity index (χ0v) is 20.0. The van der Waals surface area contributed by atoms with Crippen molar-refractivity contribution < 1.29 is 22.7 Å². The molecule has 2 N–H and O–H groups in total. The monoisotopic (exact) mass is 486 g/mol. The molecule has 0 saturated carbocycles. The zero-order chi connectivity index (χ0) is 25.6. The fourth-order valence-corrected chi connectivity index (χ4v) is 3.46. The number of carbonyl (C=O) groups excluding carboxylic acids is 1. The third-order valence-corrected chi connectivity index (χ3v) is 5.47. The maximum absolute atomic E-state index is 13.4. The Balaban J connectivity index is 1.85. The van der Waals surface area contributed by atoms with E-state index in [0.29, 0.717) is 42.4 Å². The van der Waals surface area contributed by atoms with E-state index < -0.39 is 17.6 Å². The summed E-state index contributed by atoms with van der Waals surface area (Å²) in [5.74, 6) is 0.216. The highest BCUT2D eigenvalue weighted by molar-refractivity contribution is 5.91. The normalized spacial score (nSPS) is 11.8. The fraction of sp³-hybridized carbons (Fsp3) is 0.308. The number of halogens is 3. The lowest BCUT2D eigenvalue weighted by atomic mass is 10.1. The lowest BCUT2D eigenvalue weighted by Crippen LogP contribution is -2.31. The molecule has 1 heterocycles. The lowest BCUT2D eigenvalue weighted by molar-refractivity contribution is -0.137. The van der Waals surface area contributed by atoms with Crippen molar-refractivity contribution in [2.24, 2.45) is 5.73 Å². The maximum Gasteiger partial charge on any atom is 0.416 e. The summed E-state index contributed by atoms with van der Waals surface area (Å²) in [6.45, 7) is 4.49. The molecule has 0 aliphatic carbocycles. The number of aromatic nitrogens is 1. The number of carbonyl (C=O) groups is 1. The Labute approximate surface area is 203 Å². The Hall–Kier alpha value is -3.43. The average Bonchev–Trinajstić information content (AvgIpc) is 2.82. The predicted molar refractivity (Wildman–Crippen MR) is 129 cm³/mol. The van der Waals surface area contributed by atoms with Gasteiger partial charge in [-0.3, -0.25) is 9.69 Å². The topological polar surface area (TPSA) is 71.7 Å². The second-order valence-electron chi connectivity index (χ2n) is 8.39. The second kappa shape index (κ2) is 11.3. The number of hydrogen-bond acceptors (Lipinski definition) is 5. The molecule has 0 fully saturated rings. The average molecular weight is 487 g/mol. The van der Waals surface area contributed by atoms with Crippen LogP contribution in [0.15, 0.2) is 60.7 Å². The minimum Gasteiger partial charge on any atom is -0.457 e. The second-order valence-corrected chi connectivity index (χ2v) is 8.39. The van der Waals surface area contributed by atoms with E-state index in [9.17, 15) is 18.0 Å². The lowest BCUT2D eigenvalue weighted by Gasteiger charge is -2.24. The molecule has 0 aliphatic heterocycles. The van der Waals surface area contributed by atoms with Crippen molar-refractivity contribution >= 4 is 5.91 Å². The predicted octanol–water partition coefficient (Wildman–Crippen LogP) is 5.04. The van der Waals surface area contributed by atoms with Gasteiger partial charge in [-0.15, -0.1) is 0 Å². The first-order valence-corrected chi connectivity index (χ1v) is 11.2. The molecule has 35 heavy (non-hydrogen) atoms. The number of pyridine rings is 1. The highest BCUT2D eigenvalue weighted by Gasteiger charge is 2.31. The Bertz CT molecular complexity index is 1150. The summed E-state index contributed by atoms with van der Waals surface area (Å²) in [6, 6.07) is 15.5. The Kier molecular flexibility index (Phi) is 8.48. The van der Waals surface area contributed by atoms with Crippen LogP contribution in [0.4, 0.5) is 13.2 Å². The number of amides is 1. The van der Waals surface area contributed by atoms with Gasteiger partial charge in [0.1, 0.15) is 17.2 Å². The van der Waals surface area contributed by atoms with E-state index in [1.54, 1.807) is 36.4 Å². The third kappa shape index (κ3) is 7.27. The number of nitrogens with zero attached hydrogens (tertiary/aromatic N) is 3. The molecule has 0 spiro atoms. The largest absolute Gasteiger partial charge is 0.457 e. The molecule has 186 valence electrons. The number of hydrogen-bond donors (Lipinski definition) is 1. The summed E-state index contributed by atoms with van der Waals surface area (Å²) in [5.41, 5.74) is 6.53. The van der Waals surface area contributed by atoms with Gasteiger partial charge in [-0.1, -0.05) is 13.0 Å². The summed E-state index contributed by atoms with van der Waals surface area (Å²) in [7, 11) is 3.91. The maximum atomic E-state index is 13.4. The SMILES string of the molecule is CCN(CCN(C)C)Cc1cc(C(F)(F)F)ccc1Oc1ccc(-c2cccc(C(N)=O)n2)cc1. The van der Waals surface area contributed by atoms with Crippen LogP contribution >= 0.6 is 0 Å². The van der Waals surface area contributed by atoms with Crippen molar-refractivity contribution in [3.63, 3.8) is 0 Å². The van der Waals surface area contributed by atoms with Crippen LogP contribution in [0.2, 0.25) is 0 Å². The molecule has 0 radical (unpaired) electrons. The van der Waals surface area contributed by atoms with Gasteiger partial charge in [-0.25, -0.2) is 4.98 Å². The van der Waals surface area contributed by atoms with Gasteiger partial charge in [0.25, 0.3) is 5.91 Å². The molecule has 2 aromatic carbocycles. The summed E-state index contributed by atoms with van der Waals surface area (Å²) >= 11 is 0. The van der Waals surface area contributed by atoms with Crippen LogP contribution in [0.5, 0.6) is 11.5 Å². The molecule has 3 aromatic rings. The number of primary amides is 1. The van der Waals surface area contributed by atoms with Gasteiger partial charge < -0.3 is 15.4 Å². The van der Waals surface area contributed by atoms with Crippen molar-refractivity contribution in [2.45, 2.75) is 19.6 Å². The number of alkyl halides is 3. The summed E-state index contributed by atoms with van der Waals surface area (Å²) in [4.78, 5) is 19.7. The summed E-state index contributed by atoms with van der Waals surface area (Å²) < 4.78 is 46.2. The Morgan fingerprint density at radius 1 is 1.03 bits per heavy atom. The van der Waals surface area contributed by atoms with Gasteiger partial charge in [0.2, 0.25) is 0 Å². The summed E-state index contributed by atoms with van der Waals surface area (Å²) in [5, 5.41) is 0.